The molecule has 1 aliphatic rings. The van der Waals surface area contributed by atoms with E-state index in [2.05, 4.69) is 40.7 Å². The zero-order valence-electron chi connectivity index (χ0n) is 10.2. The number of hydrogen-bond acceptors (Lipinski definition) is 0. The molecule has 1 unspecified atom stereocenters. The monoisotopic (exact) mass is 415 g/mol. The second-order valence-electron chi connectivity index (χ2n) is 4.08. The molecule has 3 heteroatoms. The first-order chi connectivity index (χ1) is 5.51. The van der Waals surface area contributed by atoms with Gasteiger partial charge in [0.15, 0.2) is 0 Å². The zero-order valence-corrected chi connectivity index (χ0v) is 15.5. The molecule has 0 fully saturated rings. The van der Waals surface area contributed by atoms with Gasteiger partial charge >= 0.3 is 0 Å². The van der Waals surface area contributed by atoms with Crippen molar-refractivity contribution in [3.63, 3.8) is 0 Å². The average molecular weight is 415 g/mol. The predicted molar refractivity (Wildman–Crippen MR) is 68.3 cm³/mol. The summed E-state index contributed by atoms with van der Waals surface area (Å²) in [6.07, 6.45) is 6.04. The van der Waals surface area contributed by atoms with Crippen LogP contribution in [0.1, 0.15) is 47.5 Å². The van der Waals surface area contributed by atoms with Crippen LogP contribution in [0.4, 0.5) is 0 Å². The van der Waals surface area contributed by atoms with Crippen LogP contribution in [0.25, 0.3) is 0 Å². The van der Waals surface area contributed by atoms with Gasteiger partial charge in [-0.2, -0.15) is 11.1 Å². The first kappa shape index (κ1) is 21.2. The third-order valence-corrected chi connectivity index (χ3v) is 3.17. The van der Waals surface area contributed by atoms with E-state index >= 15 is 0 Å². The van der Waals surface area contributed by atoms with Gasteiger partial charge in [0, 0.05) is 25.8 Å². The van der Waals surface area contributed by atoms with E-state index in [-0.39, 0.29) is 56.1 Å². The van der Waals surface area contributed by atoms with Gasteiger partial charge in [0.05, 0.1) is 0 Å². The van der Waals surface area contributed by atoms with Crippen LogP contribution >= 0.6 is 24.8 Å². The summed E-state index contributed by atoms with van der Waals surface area (Å²) >= 11 is 0. The summed E-state index contributed by atoms with van der Waals surface area (Å²) < 4.78 is 0. The van der Waals surface area contributed by atoms with Gasteiger partial charge in [-0.25, -0.2) is 5.57 Å². The Kier molecular flexibility index (Phi) is 11.4. The summed E-state index contributed by atoms with van der Waals surface area (Å²) in [6, 6.07) is 0. The molecule has 0 N–H and O–H groups in total. The average Bonchev–Trinajstić information content (AvgIpc) is 2.17. The Morgan fingerprint density at radius 1 is 1.13 bits per heavy atom. The molecule has 0 amide bonds. The Labute approximate surface area is 126 Å². The van der Waals surface area contributed by atoms with Crippen molar-refractivity contribution in [3.05, 3.63) is 22.8 Å². The number of hydrogen-bond donors (Lipinski definition) is 0. The fourth-order valence-electron chi connectivity index (χ4n) is 2.05. The molecule has 1 aliphatic carbocycles. The molecule has 0 nitrogen and oxygen atoms in total. The molecule has 0 heterocycles. The van der Waals surface area contributed by atoms with Crippen molar-refractivity contribution >= 4 is 24.8 Å². The van der Waals surface area contributed by atoms with E-state index in [0.717, 1.165) is 0 Å². The standard InChI is InChI=1S/C12H19.2ClH.Hf/c1-6-7-12(5)8-9(2)10(3)11(12)4;;;/h6-7H2,1-5H3;2*1H;/q-1;;;. The molecular formula is C12H21Cl2Hf-. The van der Waals surface area contributed by atoms with Gasteiger partial charge < -0.3 is 0 Å². The molecule has 0 aromatic carbocycles. The van der Waals surface area contributed by atoms with E-state index in [1.54, 1.807) is 0 Å². The smallest absolute Gasteiger partial charge is 0 e. The fourth-order valence-corrected chi connectivity index (χ4v) is 2.05. The van der Waals surface area contributed by atoms with Gasteiger partial charge in [0.25, 0.3) is 0 Å². The van der Waals surface area contributed by atoms with Crippen LogP contribution in [0.2, 0.25) is 0 Å². The summed E-state index contributed by atoms with van der Waals surface area (Å²) in [6.45, 7) is 11.2. The number of halogens is 2. The van der Waals surface area contributed by atoms with Crippen molar-refractivity contribution < 1.29 is 25.8 Å². The third-order valence-electron chi connectivity index (χ3n) is 3.17. The first-order valence-corrected chi connectivity index (χ1v) is 4.81. The largest absolute Gasteiger partial charge is 0.263 e. The van der Waals surface area contributed by atoms with Crippen molar-refractivity contribution in [2.75, 3.05) is 0 Å². The van der Waals surface area contributed by atoms with Crippen molar-refractivity contribution in [1.82, 2.24) is 0 Å². The third kappa shape index (κ3) is 4.36. The number of rotatable bonds is 2. The Balaban J connectivity index is -0.000000480. The van der Waals surface area contributed by atoms with E-state index < -0.39 is 0 Å². The minimum Gasteiger partial charge on any atom is -0.263 e. The second kappa shape index (κ2) is 8.08. The number of allylic oxidation sites excluding steroid dienone is 4. The predicted octanol–water partition coefficient (Wildman–Crippen LogP) is 4.73. The van der Waals surface area contributed by atoms with Crippen LogP contribution in [-0.4, -0.2) is 0 Å². The Hall–Kier alpha value is 0.930. The van der Waals surface area contributed by atoms with Gasteiger partial charge in [-0.15, -0.1) is 31.7 Å². The van der Waals surface area contributed by atoms with Crippen LogP contribution in [0.3, 0.4) is 0 Å². The van der Waals surface area contributed by atoms with Gasteiger partial charge in [-0.1, -0.05) is 46.0 Å². The first-order valence-electron chi connectivity index (χ1n) is 4.81. The molecule has 0 aromatic heterocycles. The molecule has 0 saturated carbocycles. The topological polar surface area (TPSA) is 0 Å². The molecule has 0 bridgehead atoms. The second-order valence-corrected chi connectivity index (χ2v) is 4.08. The Morgan fingerprint density at radius 2 is 1.60 bits per heavy atom. The molecule has 0 radical (unpaired) electrons. The van der Waals surface area contributed by atoms with Crippen molar-refractivity contribution in [1.29, 1.82) is 0 Å². The van der Waals surface area contributed by atoms with Crippen LogP contribution in [0.15, 0.2) is 16.7 Å². The molecule has 0 aromatic rings. The van der Waals surface area contributed by atoms with E-state index in [4.69, 9.17) is 0 Å². The summed E-state index contributed by atoms with van der Waals surface area (Å²) in [4.78, 5) is 0. The summed E-state index contributed by atoms with van der Waals surface area (Å²) in [5, 5.41) is 0. The van der Waals surface area contributed by atoms with E-state index in [1.165, 1.54) is 29.6 Å². The van der Waals surface area contributed by atoms with Crippen LogP contribution in [0.5, 0.6) is 0 Å². The van der Waals surface area contributed by atoms with Gasteiger partial charge in [0.2, 0.25) is 0 Å². The van der Waals surface area contributed by atoms with Gasteiger partial charge in [-0.05, 0) is 0 Å². The zero-order chi connectivity index (χ0) is 9.35. The molecule has 1 atom stereocenters. The minimum absolute atomic E-state index is 0. The molecule has 15 heavy (non-hydrogen) atoms. The summed E-state index contributed by atoms with van der Waals surface area (Å²) in [5.74, 6) is 0. The summed E-state index contributed by atoms with van der Waals surface area (Å²) in [5.41, 5.74) is 4.55. The molecular weight excluding hydrogens is 394 g/mol. The van der Waals surface area contributed by atoms with E-state index in [9.17, 15) is 0 Å². The minimum atomic E-state index is 0. The van der Waals surface area contributed by atoms with Crippen molar-refractivity contribution in [2.24, 2.45) is 5.41 Å². The maximum atomic E-state index is 3.57. The quantitative estimate of drug-likeness (QED) is 0.452. The molecule has 1 rings (SSSR count). The van der Waals surface area contributed by atoms with Crippen LogP contribution < -0.4 is 0 Å². The fraction of sp³-hybridized carbons (Fsp3) is 0.667. The maximum Gasteiger partial charge on any atom is 0 e. The molecule has 0 spiro atoms. The van der Waals surface area contributed by atoms with Gasteiger partial charge in [-0.3, -0.25) is 6.08 Å². The van der Waals surface area contributed by atoms with E-state index in [1.807, 2.05) is 0 Å². The van der Waals surface area contributed by atoms with Crippen LogP contribution in [-0.2, 0) is 25.8 Å². The normalized spacial score (nSPS) is 23.7. The van der Waals surface area contributed by atoms with Crippen molar-refractivity contribution in [2.45, 2.75) is 47.5 Å². The van der Waals surface area contributed by atoms with Crippen LogP contribution in [0, 0.1) is 11.5 Å². The molecule has 0 aliphatic heterocycles. The van der Waals surface area contributed by atoms with Gasteiger partial charge in [0.1, 0.15) is 0 Å². The SMILES string of the molecule is CCCC1(C)[C-]=C(C)C(C)=C1C.Cl.Cl.[Hf]. The summed E-state index contributed by atoms with van der Waals surface area (Å²) in [7, 11) is 0. The Morgan fingerprint density at radius 3 is 1.87 bits per heavy atom. The maximum absolute atomic E-state index is 3.57. The van der Waals surface area contributed by atoms with E-state index in [0.29, 0.717) is 0 Å². The van der Waals surface area contributed by atoms with Crippen molar-refractivity contribution in [3.8, 4) is 0 Å². The molecule has 0 saturated heterocycles. The Bertz CT molecular complexity index is 256. The molecule has 88 valence electrons.